The van der Waals surface area contributed by atoms with Gasteiger partial charge in [0, 0.05) is 22.4 Å². The lowest BCUT2D eigenvalue weighted by Crippen LogP contribution is -2.40. The van der Waals surface area contributed by atoms with Crippen LogP contribution in [-0.2, 0) is 0 Å². The van der Waals surface area contributed by atoms with Gasteiger partial charge in [0.25, 0.3) is 11.8 Å². The normalized spacial score (nSPS) is 11.0. The Kier molecular flexibility index (Phi) is 4.84. The van der Waals surface area contributed by atoms with E-state index >= 15 is 0 Å². The SMILES string of the molecule is Cc1cccc(C(=O)Nc2cccc(C(=O)NC(C)(C)C)c2)c1. The van der Waals surface area contributed by atoms with E-state index in [1.54, 1.807) is 30.3 Å². The lowest BCUT2D eigenvalue weighted by molar-refractivity contribution is 0.0918. The van der Waals surface area contributed by atoms with E-state index in [9.17, 15) is 9.59 Å². The van der Waals surface area contributed by atoms with Crippen molar-refractivity contribution in [2.24, 2.45) is 0 Å². The van der Waals surface area contributed by atoms with Crippen LogP contribution in [0.5, 0.6) is 0 Å². The third-order valence-electron chi connectivity index (χ3n) is 3.15. The quantitative estimate of drug-likeness (QED) is 0.906. The van der Waals surface area contributed by atoms with Gasteiger partial charge in [-0.15, -0.1) is 0 Å². The van der Waals surface area contributed by atoms with Gasteiger partial charge in [0.05, 0.1) is 0 Å². The zero-order valence-corrected chi connectivity index (χ0v) is 13.9. The molecule has 0 aromatic heterocycles. The fourth-order valence-electron chi connectivity index (χ4n) is 2.14. The minimum Gasteiger partial charge on any atom is -0.347 e. The summed E-state index contributed by atoms with van der Waals surface area (Å²) in [4.78, 5) is 24.5. The Morgan fingerprint density at radius 3 is 2.09 bits per heavy atom. The van der Waals surface area contributed by atoms with Crippen LogP contribution >= 0.6 is 0 Å². The predicted molar refractivity (Wildman–Crippen MR) is 92.8 cm³/mol. The minimum atomic E-state index is -0.308. The third kappa shape index (κ3) is 4.95. The van der Waals surface area contributed by atoms with Crippen LogP contribution in [0.4, 0.5) is 5.69 Å². The fraction of sp³-hybridized carbons (Fsp3) is 0.263. The standard InChI is InChI=1S/C19H22N2O2/c1-13-7-5-8-14(11-13)17(22)20-16-10-6-9-15(12-16)18(23)21-19(2,3)4/h5-12H,1-4H3,(H,20,22)(H,21,23). The molecule has 0 radical (unpaired) electrons. The molecular weight excluding hydrogens is 288 g/mol. The van der Waals surface area contributed by atoms with Gasteiger partial charge >= 0.3 is 0 Å². The van der Waals surface area contributed by atoms with Crippen molar-refractivity contribution in [2.45, 2.75) is 33.2 Å². The average Bonchev–Trinajstić information content (AvgIpc) is 2.45. The molecule has 0 spiro atoms. The number of hydrogen-bond acceptors (Lipinski definition) is 2. The molecule has 0 heterocycles. The van der Waals surface area contributed by atoms with Crippen molar-refractivity contribution in [3.63, 3.8) is 0 Å². The number of anilines is 1. The highest BCUT2D eigenvalue weighted by molar-refractivity contribution is 6.05. The van der Waals surface area contributed by atoms with Crippen LogP contribution in [0.15, 0.2) is 48.5 Å². The Balaban J connectivity index is 2.14. The predicted octanol–water partition coefficient (Wildman–Crippen LogP) is 3.78. The molecule has 0 aliphatic carbocycles. The van der Waals surface area contributed by atoms with E-state index in [1.165, 1.54) is 0 Å². The Morgan fingerprint density at radius 1 is 0.870 bits per heavy atom. The minimum absolute atomic E-state index is 0.163. The van der Waals surface area contributed by atoms with Gasteiger partial charge in [0.2, 0.25) is 0 Å². The van der Waals surface area contributed by atoms with Gasteiger partial charge in [-0.3, -0.25) is 9.59 Å². The molecule has 2 aromatic rings. The largest absolute Gasteiger partial charge is 0.347 e. The second-order valence-corrected chi connectivity index (χ2v) is 6.61. The van der Waals surface area contributed by atoms with Crippen LogP contribution in [0, 0.1) is 6.92 Å². The van der Waals surface area contributed by atoms with E-state index in [0.29, 0.717) is 16.8 Å². The molecular formula is C19H22N2O2. The maximum absolute atomic E-state index is 12.3. The van der Waals surface area contributed by atoms with Gasteiger partial charge < -0.3 is 10.6 Å². The molecule has 0 saturated heterocycles. The van der Waals surface area contributed by atoms with Crippen LogP contribution in [-0.4, -0.2) is 17.4 Å². The zero-order chi connectivity index (χ0) is 17.0. The van der Waals surface area contributed by atoms with Crippen LogP contribution < -0.4 is 10.6 Å². The van der Waals surface area contributed by atoms with Crippen molar-refractivity contribution in [1.82, 2.24) is 5.32 Å². The van der Waals surface area contributed by atoms with Gasteiger partial charge in [-0.05, 0) is 58.0 Å². The Labute approximate surface area is 136 Å². The molecule has 0 aliphatic heterocycles. The van der Waals surface area contributed by atoms with E-state index in [-0.39, 0.29) is 17.4 Å². The van der Waals surface area contributed by atoms with Crippen molar-refractivity contribution in [3.05, 3.63) is 65.2 Å². The lowest BCUT2D eigenvalue weighted by Gasteiger charge is -2.20. The monoisotopic (exact) mass is 310 g/mol. The van der Waals surface area contributed by atoms with Crippen molar-refractivity contribution in [3.8, 4) is 0 Å². The highest BCUT2D eigenvalue weighted by Crippen LogP contribution is 2.14. The molecule has 4 heteroatoms. The molecule has 0 saturated carbocycles. The molecule has 2 amide bonds. The zero-order valence-electron chi connectivity index (χ0n) is 13.9. The van der Waals surface area contributed by atoms with Crippen LogP contribution in [0.25, 0.3) is 0 Å². The second-order valence-electron chi connectivity index (χ2n) is 6.61. The number of nitrogens with one attached hydrogen (secondary N) is 2. The molecule has 2 N–H and O–H groups in total. The molecule has 4 nitrogen and oxygen atoms in total. The van der Waals surface area contributed by atoms with E-state index in [4.69, 9.17) is 0 Å². The lowest BCUT2D eigenvalue weighted by atomic mass is 10.1. The summed E-state index contributed by atoms with van der Waals surface area (Å²) < 4.78 is 0. The summed E-state index contributed by atoms with van der Waals surface area (Å²) in [6.45, 7) is 7.71. The molecule has 120 valence electrons. The fourth-order valence-corrected chi connectivity index (χ4v) is 2.14. The first-order chi connectivity index (χ1) is 10.7. The van der Waals surface area contributed by atoms with Crippen molar-refractivity contribution in [2.75, 3.05) is 5.32 Å². The highest BCUT2D eigenvalue weighted by Gasteiger charge is 2.15. The summed E-state index contributed by atoms with van der Waals surface area (Å²) in [7, 11) is 0. The van der Waals surface area contributed by atoms with Gasteiger partial charge in [0.15, 0.2) is 0 Å². The topological polar surface area (TPSA) is 58.2 Å². The van der Waals surface area contributed by atoms with Gasteiger partial charge in [-0.2, -0.15) is 0 Å². The first kappa shape index (κ1) is 16.7. The van der Waals surface area contributed by atoms with Crippen molar-refractivity contribution < 1.29 is 9.59 Å². The first-order valence-electron chi connectivity index (χ1n) is 7.55. The number of benzene rings is 2. The molecule has 0 aliphatic rings. The van der Waals surface area contributed by atoms with Gasteiger partial charge in [-0.25, -0.2) is 0 Å². The highest BCUT2D eigenvalue weighted by atomic mass is 16.2. The van der Waals surface area contributed by atoms with Crippen LogP contribution in [0.1, 0.15) is 47.1 Å². The van der Waals surface area contributed by atoms with Crippen LogP contribution in [0.3, 0.4) is 0 Å². The van der Waals surface area contributed by atoms with Crippen LogP contribution in [0.2, 0.25) is 0 Å². The number of amides is 2. The molecule has 2 aromatic carbocycles. The average molecular weight is 310 g/mol. The third-order valence-corrected chi connectivity index (χ3v) is 3.15. The summed E-state index contributed by atoms with van der Waals surface area (Å²) in [5.74, 6) is -0.355. The summed E-state index contributed by atoms with van der Waals surface area (Å²) >= 11 is 0. The Hall–Kier alpha value is -2.62. The van der Waals surface area contributed by atoms with E-state index in [0.717, 1.165) is 5.56 Å². The number of carbonyl (C=O) groups excluding carboxylic acids is 2. The molecule has 0 fully saturated rings. The summed E-state index contributed by atoms with van der Waals surface area (Å²) in [5, 5.41) is 5.73. The molecule has 2 rings (SSSR count). The number of aryl methyl sites for hydroxylation is 1. The number of rotatable bonds is 3. The maximum Gasteiger partial charge on any atom is 0.255 e. The van der Waals surface area contributed by atoms with Gasteiger partial charge in [0.1, 0.15) is 0 Å². The maximum atomic E-state index is 12.3. The second kappa shape index (κ2) is 6.65. The molecule has 23 heavy (non-hydrogen) atoms. The van der Waals surface area contributed by atoms with Crippen molar-refractivity contribution in [1.29, 1.82) is 0 Å². The molecule has 0 bridgehead atoms. The van der Waals surface area contributed by atoms with E-state index in [2.05, 4.69) is 10.6 Å². The number of hydrogen-bond donors (Lipinski definition) is 2. The Bertz CT molecular complexity index is 730. The summed E-state index contributed by atoms with van der Waals surface area (Å²) in [6.07, 6.45) is 0. The first-order valence-corrected chi connectivity index (χ1v) is 7.55. The molecule has 0 unspecified atom stereocenters. The smallest absolute Gasteiger partial charge is 0.255 e. The number of carbonyl (C=O) groups is 2. The van der Waals surface area contributed by atoms with Crippen molar-refractivity contribution >= 4 is 17.5 Å². The Morgan fingerprint density at radius 2 is 1.48 bits per heavy atom. The van der Waals surface area contributed by atoms with E-state index in [1.807, 2.05) is 45.9 Å². The van der Waals surface area contributed by atoms with E-state index < -0.39 is 0 Å². The molecule has 0 atom stereocenters. The summed E-state index contributed by atoms with van der Waals surface area (Å²) in [6, 6.07) is 14.3. The van der Waals surface area contributed by atoms with Gasteiger partial charge in [-0.1, -0.05) is 23.8 Å². The summed E-state index contributed by atoms with van der Waals surface area (Å²) in [5.41, 5.74) is 2.42.